The summed E-state index contributed by atoms with van der Waals surface area (Å²) in [6.07, 6.45) is 3.04. The molecule has 1 aliphatic rings. The molecule has 1 fully saturated rings. The van der Waals surface area contributed by atoms with Crippen molar-refractivity contribution in [3.8, 4) is 16.9 Å². The molecule has 0 aromatic heterocycles. The van der Waals surface area contributed by atoms with Gasteiger partial charge in [0.2, 0.25) is 0 Å². The summed E-state index contributed by atoms with van der Waals surface area (Å²) in [4.78, 5) is 11.0. The molecular weight excluding hydrogens is 295 g/mol. The zero-order valence-corrected chi connectivity index (χ0v) is 13.0. The molecule has 0 unspecified atom stereocenters. The van der Waals surface area contributed by atoms with E-state index in [9.17, 15) is 9.18 Å². The average molecular weight is 314 g/mol. The van der Waals surface area contributed by atoms with Crippen molar-refractivity contribution in [1.29, 1.82) is 0 Å². The molecule has 0 aliphatic heterocycles. The summed E-state index contributed by atoms with van der Waals surface area (Å²) < 4.78 is 19.8. The summed E-state index contributed by atoms with van der Waals surface area (Å²) in [6.45, 7) is 0. The Morgan fingerprint density at radius 1 is 1.26 bits per heavy atom. The van der Waals surface area contributed by atoms with Crippen LogP contribution in [0.15, 0.2) is 36.4 Å². The van der Waals surface area contributed by atoms with Gasteiger partial charge in [-0.15, -0.1) is 0 Å². The SMILES string of the molecule is COc1ccc(CC(=O)O)cc1-c1cccc(F)c1C1CCC1. The van der Waals surface area contributed by atoms with Gasteiger partial charge in [-0.3, -0.25) is 4.79 Å². The highest BCUT2D eigenvalue weighted by molar-refractivity contribution is 5.77. The highest BCUT2D eigenvalue weighted by atomic mass is 19.1. The minimum Gasteiger partial charge on any atom is -0.496 e. The van der Waals surface area contributed by atoms with Gasteiger partial charge in [-0.05, 0) is 53.6 Å². The van der Waals surface area contributed by atoms with Gasteiger partial charge >= 0.3 is 5.97 Å². The van der Waals surface area contributed by atoms with Gasteiger partial charge in [0.25, 0.3) is 0 Å². The van der Waals surface area contributed by atoms with Crippen molar-refractivity contribution < 1.29 is 19.0 Å². The quantitative estimate of drug-likeness (QED) is 0.890. The Morgan fingerprint density at radius 3 is 2.65 bits per heavy atom. The van der Waals surface area contributed by atoms with E-state index in [2.05, 4.69) is 0 Å². The van der Waals surface area contributed by atoms with E-state index < -0.39 is 5.97 Å². The molecule has 23 heavy (non-hydrogen) atoms. The molecule has 3 rings (SSSR count). The van der Waals surface area contributed by atoms with Crippen LogP contribution in [0.5, 0.6) is 5.75 Å². The van der Waals surface area contributed by atoms with E-state index in [-0.39, 0.29) is 18.2 Å². The van der Waals surface area contributed by atoms with Gasteiger partial charge in [-0.25, -0.2) is 4.39 Å². The molecule has 0 atom stereocenters. The largest absolute Gasteiger partial charge is 0.496 e. The molecule has 0 spiro atoms. The Morgan fingerprint density at radius 2 is 2.04 bits per heavy atom. The average Bonchev–Trinajstić information content (AvgIpc) is 2.47. The van der Waals surface area contributed by atoms with Crippen LogP contribution in [0, 0.1) is 5.82 Å². The lowest BCUT2D eigenvalue weighted by Crippen LogP contribution is -2.12. The molecule has 3 nitrogen and oxygen atoms in total. The van der Waals surface area contributed by atoms with Crippen molar-refractivity contribution in [3.63, 3.8) is 0 Å². The first-order chi connectivity index (χ1) is 11.1. The van der Waals surface area contributed by atoms with Gasteiger partial charge in [-0.1, -0.05) is 24.6 Å². The number of hydrogen-bond acceptors (Lipinski definition) is 2. The third-order valence-electron chi connectivity index (χ3n) is 4.48. The molecule has 2 aromatic rings. The Hall–Kier alpha value is -2.36. The van der Waals surface area contributed by atoms with E-state index in [0.717, 1.165) is 36.0 Å². The van der Waals surface area contributed by atoms with Crippen molar-refractivity contribution in [1.82, 2.24) is 0 Å². The minimum absolute atomic E-state index is 0.0644. The number of carboxylic acid groups (broad SMARTS) is 1. The number of ether oxygens (including phenoxy) is 1. The van der Waals surface area contributed by atoms with Crippen LogP contribution in [0.4, 0.5) is 4.39 Å². The normalized spacial score (nSPS) is 14.3. The fourth-order valence-corrected chi connectivity index (χ4v) is 3.13. The number of rotatable bonds is 5. The monoisotopic (exact) mass is 314 g/mol. The fraction of sp³-hybridized carbons (Fsp3) is 0.316. The molecule has 1 aliphatic carbocycles. The molecule has 1 N–H and O–H groups in total. The molecule has 2 aromatic carbocycles. The topological polar surface area (TPSA) is 46.5 Å². The molecular formula is C19H19FO3. The van der Waals surface area contributed by atoms with Crippen LogP contribution < -0.4 is 4.74 Å². The Balaban J connectivity index is 2.13. The number of aliphatic carboxylic acids is 1. The van der Waals surface area contributed by atoms with E-state index in [1.165, 1.54) is 6.07 Å². The molecule has 0 amide bonds. The number of benzene rings is 2. The van der Waals surface area contributed by atoms with Gasteiger partial charge < -0.3 is 9.84 Å². The molecule has 0 bridgehead atoms. The maximum atomic E-state index is 14.4. The molecule has 0 saturated heterocycles. The second-order valence-electron chi connectivity index (χ2n) is 5.93. The Kier molecular flexibility index (Phi) is 4.33. The lowest BCUT2D eigenvalue weighted by atomic mass is 9.76. The lowest BCUT2D eigenvalue weighted by Gasteiger charge is -2.29. The molecule has 0 heterocycles. The first-order valence-corrected chi connectivity index (χ1v) is 7.77. The van der Waals surface area contributed by atoms with E-state index in [1.54, 1.807) is 31.4 Å². The van der Waals surface area contributed by atoms with Crippen molar-refractivity contribution in [2.75, 3.05) is 7.11 Å². The van der Waals surface area contributed by atoms with E-state index in [1.807, 2.05) is 6.07 Å². The summed E-state index contributed by atoms with van der Waals surface area (Å²) >= 11 is 0. The van der Waals surface area contributed by atoms with Crippen LogP contribution in [-0.4, -0.2) is 18.2 Å². The predicted octanol–water partition coefficient (Wildman–Crippen LogP) is 4.40. The molecule has 1 saturated carbocycles. The van der Waals surface area contributed by atoms with Crippen molar-refractivity contribution in [3.05, 3.63) is 53.3 Å². The summed E-state index contributed by atoms with van der Waals surface area (Å²) in [5.74, 6) is -0.221. The molecule has 0 radical (unpaired) electrons. The van der Waals surface area contributed by atoms with Crippen molar-refractivity contribution in [2.24, 2.45) is 0 Å². The van der Waals surface area contributed by atoms with Crippen LogP contribution in [0.2, 0.25) is 0 Å². The highest BCUT2D eigenvalue weighted by Gasteiger charge is 2.26. The minimum atomic E-state index is -0.889. The zero-order valence-electron chi connectivity index (χ0n) is 13.0. The number of hydrogen-bond donors (Lipinski definition) is 1. The van der Waals surface area contributed by atoms with E-state index >= 15 is 0 Å². The van der Waals surface area contributed by atoms with Crippen LogP contribution >= 0.6 is 0 Å². The summed E-state index contributed by atoms with van der Waals surface area (Å²) in [7, 11) is 1.57. The van der Waals surface area contributed by atoms with Crippen LogP contribution in [0.25, 0.3) is 11.1 Å². The lowest BCUT2D eigenvalue weighted by molar-refractivity contribution is -0.136. The highest BCUT2D eigenvalue weighted by Crippen LogP contribution is 2.44. The maximum Gasteiger partial charge on any atom is 0.307 e. The number of carboxylic acids is 1. The number of halogens is 1. The number of methoxy groups -OCH3 is 1. The van der Waals surface area contributed by atoms with E-state index in [0.29, 0.717) is 11.3 Å². The zero-order chi connectivity index (χ0) is 16.4. The summed E-state index contributed by atoms with van der Waals surface area (Å²) in [5, 5.41) is 9.00. The van der Waals surface area contributed by atoms with Crippen molar-refractivity contribution in [2.45, 2.75) is 31.6 Å². The van der Waals surface area contributed by atoms with E-state index in [4.69, 9.17) is 9.84 Å². The second-order valence-corrected chi connectivity index (χ2v) is 5.93. The second kappa shape index (κ2) is 6.41. The Bertz CT molecular complexity index is 735. The van der Waals surface area contributed by atoms with Gasteiger partial charge in [0.15, 0.2) is 0 Å². The van der Waals surface area contributed by atoms with Crippen LogP contribution in [0.1, 0.15) is 36.3 Å². The van der Waals surface area contributed by atoms with Crippen molar-refractivity contribution >= 4 is 5.97 Å². The summed E-state index contributed by atoms with van der Waals surface area (Å²) in [6, 6.07) is 10.4. The third kappa shape index (κ3) is 3.07. The van der Waals surface area contributed by atoms with Gasteiger partial charge in [0.1, 0.15) is 11.6 Å². The summed E-state index contributed by atoms with van der Waals surface area (Å²) in [5.41, 5.74) is 2.97. The first-order valence-electron chi connectivity index (χ1n) is 7.77. The van der Waals surface area contributed by atoms with Gasteiger partial charge in [0, 0.05) is 5.56 Å². The molecule has 4 heteroatoms. The van der Waals surface area contributed by atoms with Gasteiger partial charge in [-0.2, -0.15) is 0 Å². The smallest absolute Gasteiger partial charge is 0.307 e. The Labute approximate surface area is 134 Å². The fourth-order valence-electron chi connectivity index (χ4n) is 3.13. The van der Waals surface area contributed by atoms with Crippen LogP contribution in [0.3, 0.4) is 0 Å². The number of carbonyl (C=O) groups is 1. The molecule has 120 valence electrons. The van der Waals surface area contributed by atoms with Crippen LogP contribution in [-0.2, 0) is 11.2 Å². The maximum absolute atomic E-state index is 14.4. The van der Waals surface area contributed by atoms with Gasteiger partial charge in [0.05, 0.1) is 13.5 Å². The standard InChI is InChI=1S/C19H19FO3/c1-23-17-9-8-12(11-18(21)22)10-15(17)14-6-3-7-16(20)19(14)13-4-2-5-13/h3,6-10,13H,2,4-5,11H2,1H3,(H,21,22). The predicted molar refractivity (Wildman–Crippen MR) is 86.3 cm³/mol. The first kappa shape index (κ1) is 15.5. The third-order valence-corrected chi connectivity index (χ3v) is 4.48.